The molecule has 2 rings (SSSR count). The normalized spacial score (nSPS) is 11.4. The summed E-state index contributed by atoms with van der Waals surface area (Å²) in [5.74, 6) is -0.616. The molecule has 10 heteroatoms. The van der Waals surface area contributed by atoms with Crippen LogP contribution in [0.15, 0.2) is 30.3 Å². The van der Waals surface area contributed by atoms with Gasteiger partial charge >= 0.3 is 37.3 Å². The first-order chi connectivity index (χ1) is 12.8. The molecule has 0 aliphatic carbocycles. The molecule has 150 valence electrons. The predicted molar refractivity (Wildman–Crippen MR) is 96.9 cm³/mol. The van der Waals surface area contributed by atoms with Gasteiger partial charge in [0, 0.05) is 30.7 Å². The summed E-state index contributed by atoms with van der Waals surface area (Å²) >= 11 is 6.16. The summed E-state index contributed by atoms with van der Waals surface area (Å²) in [4.78, 5) is 16.1. The molecule has 0 saturated carbocycles. The van der Waals surface area contributed by atoms with Gasteiger partial charge in [0.1, 0.15) is 5.69 Å². The molecule has 0 saturated heterocycles. The van der Waals surface area contributed by atoms with Gasteiger partial charge in [0.15, 0.2) is 5.69 Å². The molecular weight excluding hydrogens is 619 g/mol. The van der Waals surface area contributed by atoms with E-state index in [1.54, 1.807) is 24.3 Å². The summed E-state index contributed by atoms with van der Waals surface area (Å²) in [5.41, 5.74) is -0.680. The third-order valence-electron chi connectivity index (χ3n) is 4.03. The van der Waals surface area contributed by atoms with Crippen molar-refractivity contribution in [3.63, 3.8) is 0 Å². The molecule has 1 aromatic heterocycles. The minimum absolute atomic E-state index is 0. The number of nitrogens with zero attached hydrogens (tertiary/aromatic N) is 3. The van der Waals surface area contributed by atoms with E-state index in [0.29, 0.717) is 36.3 Å². The Kier molecular flexibility index (Phi) is 10.1. The van der Waals surface area contributed by atoms with E-state index in [0.717, 1.165) is 0 Å². The second kappa shape index (κ2) is 11.2. The number of amides is 1. The van der Waals surface area contributed by atoms with Crippen molar-refractivity contribution in [1.29, 1.82) is 0 Å². The van der Waals surface area contributed by atoms with Gasteiger partial charge < -0.3 is 23.6 Å². The van der Waals surface area contributed by atoms with Crippen molar-refractivity contribution in [2.45, 2.75) is 12.7 Å². The fraction of sp³-hybridized carbons (Fsp3) is 0.333. The quantitative estimate of drug-likeness (QED) is 0.449. The standard InChI is InChI=1S/C18H20ClF3N4O.U/c1-3-25(4-2)9-10-26(12-13-7-5-6-8-14(13)19)17(27)15-11-16(24-23-15)18(20,21)22;/h5-8,11H,1-4,9-10,12H2,(H,23,24);/q-2;+2. The first-order valence-corrected chi connectivity index (χ1v) is 8.60. The van der Waals surface area contributed by atoms with Gasteiger partial charge in [0.25, 0.3) is 5.91 Å². The van der Waals surface area contributed by atoms with Crippen LogP contribution in [-0.4, -0.2) is 52.1 Å². The molecular formula is C18H20ClF3N4OU. The molecule has 5 nitrogen and oxygen atoms in total. The van der Waals surface area contributed by atoms with E-state index in [9.17, 15) is 18.0 Å². The Morgan fingerprint density at radius 1 is 1.18 bits per heavy atom. The monoisotopic (exact) mass is 638 g/mol. The van der Waals surface area contributed by atoms with Gasteiger partial charge in [-0.05, 0) is 11.6 Å². The second-order valence-electron chi connectivity index (χ2n) is 5.82. The van der Waals surface area contributed by atoms with Crippen LogP contribution in [0.5, 0.6) is 0 Å². The maximum Gasteiger partial charge on any atom is 2.00 e. The van der Waals surface area contributed by atoms with Gasteiger partial charge in [0.2, 0.25) is 0 Å². The third kappa shape index (κ3) is 6.80. The number of rotatable bonds is 8. The number of hydrogen-bond donors (Lipinski definition) is 1. The number of aromatic amines is 1. The van der Waals surface area contributed by atoms with E-state index in [2.05, 4.69) is 18.9 Å². The van der Waals surface area contributed by atoms with Crippen molar-refractivity contribution in [1.82, 2.24) is 20.0 Å². The van der Waals surface area contributed by atoms with Crippen molar-refractivity contribution >= 4 is 17.5 Å². The number of halogens is 4. The molecule has 28 heavy (non-hydrogen) atoms. The smallest absolute Gasteiger partial charge is 0.361 e. The minimum atomic E-state index is -4.60. The zero-order chi connectivity index (χ0) is 20.0. The largest absolute Gasteiger partial charge is 2.00 e. The van der Waals surface area contributed by atoms with Gasteiger partial charge in [-0.1, -0.05) is 29.8 Å². The molecule has 1 N–H and O–H groups in total. The topological polar surface area (TPSA) is 52.2 Å². The Balaban J connectivity index is 0.00000392. The van der Waals surface area contributed by atoms with Crippen LogP contribution in [0.2, 0.25) is 5.02 Å². The molecule has 0 aliphatic heterocycles. The Morgan fingerprint density at radius 2 is 1.82 bits per heavy atom. The maximum atomic E-state index is 12.8. The molecule has 0 spiro atoms. The Hall–Kier alpha value is -1.01. The zero-order valence-electron chi connectivity index (χ0n) is 15.1. The molecule has 1 amide bonds. The average Bonchev–Trinajstić information content (AvgIpc) is 3.13. The number of benzene rings is 1. The summed E-state index contributed by atoms with van der Waals surface area (Å²) in [7, 11) is 0. The molecule has 0 aliphatic rings. The van der Waals surface area contributed by atoms with Crippen LogP contribution in [0.3, 0.4) is 0 Å². The number of nitrogens with one attached hydrogen (secondary N) is 1. The predicted octanol–water partition coefficient (Wildman–Crippen LogP) is 3.69. The van der Waals surface area contributed by atoms with Crippen LogP contribution in [0, 0.1) is 45.0 Å². The van der Waals surface area contributed by atoms with Gasteiger partial charge in [-0.25, -0.2) is 0 Å². The average molecular weight is 639 g/mol. The fourth-order valence-corrected chi connectivity index (χ4v) is 2.62. The summed E-state index contributed by atoms with van der Waals surface area (Å²) in [6, 6.07) is 7.69. The van der Waals surface area contributed by atoms with E-state index in [1.165, 1.54) is 4.90 Å². The number of carbonyl (C=O) groups excluding carboxylic acids is 1. The summed E-state index contributed by atoms with van der Waals surface area (Å²) in [6.45, 7) is 9.45. The molecule has 0 radical (unpaired) electrons. The zero-order valence-corrected chi connectivity index (χ0v) is 20.0. The van der Waals surface area contributed by atoms with E-state index < -0.39 is 17.8 Å². The number of aromatic nitrogens is 2. The van der Waals surface area contributed by atoms with Crippen molar-refractivity contribution < 1.29 is 49.1 Å². The molecule has 1 heterocycles. The van der Waals surface area contributed by atoms with Gasteiger partial charge in [-0.15, -0.1) is 13.1 Å². The number of carbonyl (C=O) groups is 1. The molecule has 0 bridgehead atoms. The Morgan fingerprint density at radius 3 is 2.36 bits per heavy atom. The van der Waals surface area contributed by atoms with Gasteiger partial charge in [-0.3, -0.25) is 9.89 Å². The first-order valence-electron chi connectivity index (χ1n) is 8.22. The summed E-state index contributed by atoms with van der Waals surface area (Å²) in [5, 5.41) is 5.86. The fourth-order valence-electron chi connectivity index (χ4n) is 2.42. The number of H-pyrrole nitrogens is 1. The van der Waals surface area contributed by atoms with Crippen LogP contribution < -0.4 is 0 Å². The number of hydrogen-bond acceptors (Lipinski definition) is 3. The van der Waals surface area contributed by atoms with Gasteiger partial charge in [0.05, 0.1) is 0 Å². The van der Waals surface area contributed by atoms with E-state index in [4.69, 9.17) is 11.6 Å². The van der Waals surface area contributed by atoms with E-state index >= 15 is 0 Å². The van der Waals surface area contributed by atoms with Crippen LogP contribution in [0.25, 0.3) is 0 Å². The molecule has 0 fully saturated rings. The molecule has 1 aromatic carbocycles. The molecule has 0 atom stereocenters. The van der Waals surface area contributed by atoms with E-state index in [-0.39, 0.29) is 49.9 Å². The molecule has 2 aromatic rings. The second-order valence-corrected chi connectivity index (χ2v) is 6.23. The van der Waals surface area contributed by atoms with Crippen LogP contribution >= 0.6 is 11.6 Å². The van der Waals surface area contributed by atoms with Crippen LogP contribution in [0.1, 0.15) is 21.7 Å². The summed E-state index contributed by atoms with van der Waals surface area (Å²) < 4.78 is 38.3. The van der Waals surface area contributed by atoms with Crippen molar-refractivity contribution in [2.75, 3.05) is 26.2 Å². The van der Waals surface area contributed by atoms with Gasteiger partial charge in [-0.2, -0.15) is 18.3 Å². The Labute approximate surface area is 191 Å². The summed E-state index contributed by atoms with van der Waals surface area (Å²) in [6.07, 6.45) is -4.60. The van der Waals surface area contributed by atoms with Crippen molar-refractivity contribution in [3.8, 4) is 0 Å². The first kappa shape index (κ1) is 25.0. The van der Waals surface area contributed by atoms with Crippen molar-refractivity contribution in [2.24, 2.45) is 0 Å². The van der Waals surface area contributed by atoms with Crippen LogP contribution in [-0.2, 0) is 12.7 Å². The molecule has 0 unspecified atom stereocenters. The Bertz CT molecular complexity index is 765. The maximum absolute atomic E-state index is 12.8. The van der Waals surface area contributed by atoms with Crippen molar-refractivity contribution in [3.05, 3.63) is 66.2 Å². The SMILES string of the molecule is [CH2-]CN(C[CH2-])CCN(Cc1ccccc1Cl)C(=O)c1cc(C(F)(F)F)[nH]n1.[U+2]. The van der Waals surface area contributed by atoms with E-state index in [1.807, 2.05) is 10.00 Å². The minimum Gasteiger partial charge on any atom is -0.361 e. The van der Waals surface area contributed by atoms with Crippen LogP contribution in [0.4, 0.5) is 13.2 Å². The number of alkyl halides is 3. The third-order valence-corrected chi connectivity index (χ3v) is 4.40.